The molecule has 5 heteroatoms. The lowest BCUT2D eigenvalue weighted by Crippen LogP contribution is -2.43. The maximum atomic E-state index is 11.5. The highest BCUT2D eigenvalue weighted by Crippen LogP contribution is 2.11. The van der Waals surface area contributed by atoms with Gasteiger partial charge in [-0.3, -0.25) is 9.36 Å². The molecule has 5 nitrogen and oxygen atoms in total. The molecule has 1 aliphatic heterocycles. The first kappa shape index (κ1) is 9.21. The lowest BCUT2D eigenvalue weighted by Gasteiger charge is -2.23. The largest absolute Gasteiger partial charge is 0.328 e. The van der Waals surface area contributed by atoms with Crippen LogP contribution in [0, 0.1) is 0 Å². The summed E-state index contributed by atoms with van der Waals surface area (Å²) in [4.78, 5) is 25.4. The first-order valence-corrected chi connectivity index (χ1v) is 4.80. The molecular formula is C9H13N3O2. The summed E-state index contributed by atoms with van der Waals surface area (Å²) in [7, 11) is 0. The lowest BCUT2D eigenvalue weighted by atomic mass is 10.1. The maximum Gasteiger partial charge on any atom is 0.328 e. The van der Waals surface area contributed by atoms with E-state index in [0.717, 1.165) is 19.4 Å². The molecule has 2 heterocycles. The Labute approximate surface area is 80.8 Å². The maximum absolute atomic E-state index is 11.5. The normalized spacial score (nSPS) is 22.1. The van der Waals surface area contributed by atoms with Crippen molar-refractivity contribution < 1.29 is 0 Å². The number of rotatable bonds is 1. The summed E-state index contributed by atoms with van der Waals surface area (Å²) in [5.74, 6) is 0. The Bertz CT molecular complexity index is 386. The lowest BCUT2D eigenvalue weighted by molar-refractivity contribution is 0.353. The Balaban J connectivity index is 2.39. The van der Waals surface area contributed by atoms with Crippen molar-refractivity contribution in [1.82, 2.24) is 14.9 Å². The zero-order valence-electron chi connectivity index (χ0n) is 7.82. The van der Waals surface area contributed by atoms with Gasteiger partial charge in [-0.05, 0) is 19.4 Å². The third kappa shape index (κ3) is 1.63. The van der Waals surface area contributed by atoms with Gasteiger partial charge in [0.2, 0.25) is 0 Å². The number of hydrogen-bond donors (Lipinski definition) is 2. The number of nitrogens with zero attached hydrogens (tertiary/aromatic N) is 1. The molecule has 2 N–H and O–H groups in total. The van der Waals surface area contributed by atoms with Gasteiger partial charge in [-0.15, -0.1) is 0 Å². The first-order valence-electron chi connectivity index (χ1n) is 4.80. The molecule has 1 aliphatic rings. The highest BCUT2D eigenvalue weighted by Gasteiger charge is 2.17. The van der Waals surface area contributed by atoms with Gasteiger partial charge in [0, 0.05) is 18.8 Å². The fourth-order valence-corrected chi connectivity index (χ4v) is 1.83. The molecule has 1 aromatic heterocycles. The van der Waals surface area contributed by atoms with Gasteiger partial charge >= 0.3 is 5.69 Å². The third-order valence-electron chi connectivity index (χ3n) is 2.52. The fourth-order valence-electron chi connectivity index (χ4n) is 1.83. The highest BCUT2D eigenvalue weighted by atomic mass is 16.2. The quantitative estimate of drug-likeness (QED) is 0.632. The minimum Gasteiger partial charge on any atom is -0.315 e. The van der Waals surface area contributed by atoms with Gasteiger partial charge in [0.05, 0.1) is 6.04 Å². The number of aromatic nitrogens is 2. The topological polar surface area (TPSA) is 66.9 Å². The second-order valence-electron chi connectivity index (χ2n) is 3.49. The molecule has 0 radical (unpaired) electrons. The molecule has 1 unspecified atom stereocenters. The Kier molecular flexibility index (Phi) is 2.49. The van der Waals surface area contributed by atoms with E-state index >= 15 is 0 Å². The summed E-state index contributed by atoms with van der Waals surface area (Å²) in [6.07, 6.45) is 3.28. The molecular weight excluding hydrogens is 182 g/mol. The molecule has 76 valence electrons. The Morgan fingerprint density at radius 1 is 1.43 bits per heavy atom. The number of H-pyrrole nitrogens is 1. The van der Waals surface area contributed by atoms with Crippen molar-refractivity contribution in [2.24, 2.45) is 0 Å². The molecule has 0 aliphatic carbocycles. The molecule has 0 amide bonds. The zero-order chi connectivity index (χ0) is 9.97. The minimum absolute atomic E-state index is 0.00111. The molecule has 1 saturated heterocycles. The second-order valence-corrected chi connectivity index (χ2v) is 3.49. The second kappa shape index (κ2) is 3.79. The van der Waals surface area contributed by atoms with Gasteiger partial charge in [0.1, 0.15) is 0 Å². The predicted octanol–water partition coefficient (Wildman–Crippen LogP) is -0.539. The van der Waals surface area contributed by atoms with Crippen LogP contribution in [0.25, 0.3) is 0 Å². The van der Waals surface area contributed by atoms with E-state index in [9.17, 15) is 9.59 Å². The van der Waals surface area contributed by atoms with Gasteiger partial charge in [-0.2, -0.15) is 0 Å². The molecule has 1 atom stereocenters. The average Bonchev–Trinajstić information content (AvgIpc) is 2.19. The molecule has 0 aromatic carbocycles. The monoisotopic (exact) mass is 195 g/mol. The van der Waals surface area contributed by atoms with Crippen LogP contribution in [0.2, 0.25) is 0 Å². The van der Waals surface area contributed by atoms with E-state index in [4.69, 9.17) is 0 Å². The van der Waals surface area contributed by atoms with E-state index in [1.54, 1.807) is 0 Å². The summed E-state index contributed by atoms with van der Waals surface area (Å²) in [6.45, 7) is 1.67. The minimum atomic E-state index is -0.314. The summed E-state index contributed by atoms with van der Waals surface area (Å²) in [5.41, 5.74) is -0.534. The van der Waals surface area contributed by atoms with Crippen LogP contribution in [-0.4, -0.2) is 22.6 Å². The molecule has 1 fully saturated rings. The molecule has 1 aromatic rings. The number of piperidine rings is 1. The van der Waals surface area contributed by atoms with E-state index in [1.807, 2.05) is 0 Å². The van der Waals surface area contributed by atoms with E-state index in [-0.39, 0.29) is 17.3 Å². The van der Waals surface area contributed by atoms with E-state index in [2.05, 4.69) is 10.3 Å². The van der Waals surface area contributed by atoms with Gasteiger partial charge in [-0.1, -0.05) is 0 Å². The van der Waals surface area contributed by atoms with Crippen molar-refractivity contribution in [2.75, 3.05) is 13.1 Å². The van der Waals surface area contributed by atoms with Crippen LogP contribution in [0.15, 0.2) is 21.9 Å². The molecule has 0 bridgehead atoms. The van der Waals surface area contributed by atoms with Crippen molar-refractivity contribution in [3.8, 4) is 0 Å². The van der Waals surface area contributed by atoms with Gasteiger partial charge < -0.3 is 10.3 Å². The van der Waals surface area contributed by atoms with Gasteiger partial charge in [0.25, 0.3) is 5.56 Å². The van der Waals surface area contributed by atoms with Crippen LogP contribution in [-0.2, 0) is 0 Å². The van der Waals surface area contributed by atoms with E-state index in [1.165, 1.54) is 16.8 Å². The summed E-state index contributed by atoms with van der Waals surface area (Å²) in [6, 6.07) is 1.39. The Morgan fingerprint density at radius 3 is 2.93 bits per heavy atom. The number of aromatic amines is 1. The van der Waals surface area contributed by atoms with Gasteiger partial charge in [0.15, 0.2) is 0 Å². The van der Waals surface area contributed by atoms with Crippen molar-refractivity contribution in [3.63, 3.8) is 0 Å². The van der Waals surface area contributed by atoms with Crippen molar-refractivity contribution in [1.29, 1.82) is 0 Å². The molecule has 2 rings (SSSR count). The summed E-state index contributed by atoms with van der Waals surface area (Å²) < 4.78 is 1.30. The van der Waals surface area contributed by atoms with E-state index in [0.29, 0.717) is 6.54 Å². The van der Waals surface area contributed by atoms with Crippen molar-refractivity contribution in [3.05, 3.63) is 33.1 Å². The van der Waals surface area contributed by atoms with Crippen LogP contribution in [0.5, 0.6) is 0 Å². The zero-order valence-corrected chi connectivity index (χ0v) is 7.82. The van der Waals surface area contributed by atoms with Crippen LogP contribution in [0.3, 0.4) is 0 Å². The Morgan fingerprint density at radius 2 is 2.29 bits per heavy atom. The van der Waals surface area contributed by atoms with Crippen LogP contribution in [0.4, 0.5) is 0 Å². The summed E-state index contributed by atoms with van der Waals surface area (Å²) in [5, 5.41) is 3.18. The Hall–Kier alpha value is -1.36. The number of nitrogens with one attached hydrogen (secondary N) is 2. The predicted molar refractivity (Wildman–Crippen MR) is 52.5 cm³/mol. The highest BCUT2D eigenvalue weighted by molar-refractivity contribution is 4.88. The molecule has 14 heavy (non-hydrogen) atoms. The van der Waals surface area contributed by atoms with Crippen LogP contribution >= 0.6 is 0 Å². The van der Waals surface area contributed by atoms with Crippen LogP contribution in [0.1, 0.15) is 18.9 Å². The SMILES string of the molecule is O=c1cc[nH]c(=O)n1C1CCCNC1. The third-order valence-corrected chi connectivity index (χ3v) is 2.52. The average molecular weight is 195 g/mol. The number of hydrogen-bond acceptors (Lipinski definition) is 3. The molecule has 0 saturated carbocycles. The molecule has 0 spiro atoms. The van der Waals surface area contributed by atoms with Crippen molar-refractivity contribution in [2.45, 2.75) is 18.9 Å². The smallest absolute Gasteiger partial charge is 0.315 e. The summed E-state index contributed by atoms with van der Waals surface area (Å²) >= 11 is 0. The van der Waals surface area contributed by atoms with E-state index < -0.39 is 0 Å². The van der Waals surface area contributed by atoms with Gasteiger partial charge in [-0.25, -0.2) is 4.79 Å². The standard InChI is InChI=1S/C9H13N3O2/c13-8-3-5-11-9(14)12(8)7-2-1-4-10-6-7/h3,5,7,10H,1-2,4,6H2,(H,11,14). The van der Waals surface area contributed by atoms with Crippen LogP contribution < -0.4 is 16.6 Å². The first-order chi connectivity index (χ1) is 6.79. The fraction of sp³-hybridized carbons (Fsp3) is 0.556. The van der Waals surface area contributed by atoms with Crippen molar-refractivity contribution >= 4 is 0 Å².